The molecule has 1 saturated heterocycles. The van der Waals surface area contributed by atoms with Gasteiger partial charge in [-0.15, -0.1) is 0 Å². The van der Waals surface area contributed by atoms with Crippen molar-refractivity contribution >= 4 is 29.3 Å². The van der Waals surface area contributed by atoms with Crippen LogP contribution in [0.25, 0.3) is 0 Å². The molecule has 1 aliphatic heterocycles. The Bertz CT molecular complexity index is 1020. The van der Waals surface area contributed by atoms with Crippen LogP contribution < -0.4 is 4.90 Å². The molecule has 0 bridgehead atoms. The summed E-state index contributed by atoms with van der Waals surface area (Å²) in [6.07, 6.45) is 0.196. The molecule has 8 heteroatoms. The minimum absolute atomic E-state index is 0.0167. The number of aromatic nitrogens is 1. The molecule has 0 aliphatic carbocycles. The number of ketones is 1. The fraction of sp³-hybridized carbons (Fsp3) is 0.364. The van der Waals surface area contributed by atoms with Crippen molar-refractivity contribution < 1.29 is 28.7 Å². The third-order valence-corrected chi connectivity index (χ3v) is 5.19. The van der Waals surface area contributed by atoms with E-state index in [1.807, 2.05) is 0 Å². The number of ether oxygens (including phenoxy) is 2. The third-order valence-electron chi connectivity index (χ3n) is 5.19. The minimum atomic E-state index is -1.07. The lowest BCUT2D eigenvalue weighted by molar-refractivity contribution is -0.117. The van der Waals surface area contributed by atoms with Crippen LogP contribution in [0.5, 0.6) is 0 Å². The van der Waals surface area contributed by atoms with Crippen molar-refractivity contribution in [1.29, 1.82) is 0 Å². The van der Waals surface area contributed by atoms with E-state index in [1.165, 1.54) is 14.0 Å². The summed E-state index contributed by atoms with van der Waals surface area (Å²) < 4.78 is 10.1. The van der Waals surface area contributed by atoms with E-state index >= 15 is 0 Å². The zero-order valence-electron chi connectivity index (χ0n) is 17.4. The van der Waals surface area contributed by atoms with Gasteiger partial charge in [0.25, 0.3) is 0 Å². The average molecular weight is 412 g/mol. The largest absolute Gasteiger partial charge is 0.465 e. The van der Waals surface area contributed by atoms with Gasteiger partial charge < -0.3 is 19.4 Å². The van der Waals surface area contributed by atoms with E-state index in [0.29, 0.717) is 35.5 Å². The Balaban J connectivity index is 1.76. The van der Waals surface area contributed by atoms with Crippen LogP contribution in [0.1, 0.15) is 62.2 Å². The van der Waals surface area contributed by atoms with Crippen molar-refractivity contribution in [2.45, 2.75) is 39.7 Å². The highest BCUT2D eigenvalue weighted by molar-refractivity contribution is 6.05. The number of carbonyl (C=O) groups is 4. The Morgan fingerprint density at radius 2 is 1.90 bits per heavy atom. The Kier molecular flexibility index (Phi) is 6.05. The first kappa shape index (κ1) is 21.3. The van der Waals surface area contributed by atoms with E-state index in [4.69, 9.17) is 9.47 Å². The molecule has 1 atom stereocenters. The molecular weight excluding hydrogens is 388 g/mol. The van der Waals surface area contributed by atoms with Crippen molar-refractivity contribution in [1.82, 2.24) is 4.98 Å². The predicted molar refractivity (Wildman–Crippen MR) is 109 cm³/mol. The maximum atomic E-state index is 12.8. The lowest BCUT2D eigenvalue weighted by atomic mass is 10.1. The van der Waals surface area contributed by atoms with Gasteiger partial charge in [-0.1, -0.05) is 6.07 Å². The monoisotopic (exact) mass is 412 g/mol. The van der Waals surface area contributed by atoms with E-state index in [0.717, 1.165) is 6.42 Å². The van der Waals surface area contributed by atoms with E-state index in [9.17, 15) is 19.2 Å². The molecule has 1 amide bonds. The van der Waals surface area contributed by atoms with Crippen LogP contribution in [0.3, 0.4) is 0 Å². The molecule has 1 aromatic carbocycles. The number of hydrogen-bond acceptors (Lipinski definition) is 6. The molecular formula is C22H24N2O6. The van der Waals surface area contributed by atoms with E-state index in [2.05, 4.69) is 4.98 Å². The Labute approximate surface area is 174 Å². The second-order valence-electron chi connectivity index (χ2n) is 7.23. The second-order valence-corrected chi connectivity index (χ2v) is 7.23. The van der Waals surface area contributed by atoms with Crippen LogP contribution >= 0.6 is 0 Å². The summed E-state index contributed by atoms with van der Waals surface area (Å²) in [5.41, 5.74) is 2.32. The molecule has 1 aromatic heterocycles. The highest BCUT2D eigenvalue weighted by Gasteiger charge is 2.28. The van der Waals surface area contributed by atoms with Gasteiger partial charge >= 0.3 is 11.9 Å². The van der Waals surface area contributed by atoms with Gasteiger partial charge in [0, 0.05) is 24.3 Å². The maximum Gasteiger partial charge on any atom is 0.339 e. The van der Waals surface area contributed by atoms with Gasteiger partial charge in [0.15, 0.2) is 6.10 Å². The summed E-state index contributed by atoms with van der Waals surface area (Å²) in [7, 11) is 1.27. The fourth-order valence-corrected chi connectivity index (χ4v) is 3.61. The number of aromatic amines is 1. The lowest BCUT2D eigenvalue weighted by Gasteiger charge is -2.17. The van der Waals surface area contributed by atoms with Crippen LogP contribution in [-0.4, -0.2) is 48.4 Å². The van der Waals surface area contributed by atoms with Gasteiger partial charge in [0.2, 0.25) is 11.7 Å². The molecule has 0 radical (unpaired) electrons. The maximum absolute atomic E-state index is 12.8. The number of rotatable bonds is 6. The van der Waals surface area contributed by atoms with Crippen molar-refractivity contribution in [3.05, 3.63) is 52.3 Å². The van der Waals surface area contributed by atoms with Gasteiger partial charge in [-0.2, -0.15) is 0 Å². The molecule has 1 fully saturated rings. The van der Waals surface area contributed by atoms with Crippen molar-refractivity contribution in [3.63, 3.8) is 0 Å². The summed E-state index contributed by atoms with van der Waals surface area (Å²) >= 11 is 0. The second kappa shape index (κ2) is 8.52. The molecule has 1 N–H and O–H groups in total. The SMILES string of the molecule is COC(=O)c1c(C)[nH]c(C(=O)[C@H](C)OC(=O)c2cccc(N3CCCC3=O)c2)c1C. The van der Waals surface area contributed by atoms with Gasteiger partial charge in [0.05, 0.1) is 23.9 Å². The smallest absolute Gasteiger partial charge is 0.339 e. The number of nitrogens with zero attached hydrogens (tertiary/aromatic N) is 1. The topological polar surface area (TPSA) is 106 Å². The number of esters is 2. The predicted octanol–water partition coefficient (Wildman–Crippen LogP) is 2.97. The summed E-state index contributed by atoms with van der Waals surface area (Å²) in [5, 5.41) is 0. The zero-order chi connectivity index (χ0) is 22.0. The first-order chi connectivity index (χ1) is 14.2. The molecule has 8 nitrogen and oxygen atoms in total. The molecule has 158 valence electrons. The number of nitrogens with one attached hydrogen (secondary N) is 1. The Morgan fingerprint density at radius 3 is 2.53 bits per heavy atom. The number of anilines is 1. The summed E-state index contributed by atoms with van der Waals surface area (Å²) in [6.45, 7) is 5.38. The molecule has 1 aliphatic rings. The third kappa shape index (κ3) is 3.98. The number of methoxy groups -OCH3 is 1. The van der Waals surface area contributed by atoms with Gasteiger partial charge in [0.1, 0.15) is 0 Å². The fourth-order valence-electron chi connectivity index (χ4n) is 3.61. The number of amides is 1. The highest BCUT2D eigenvalue weighted by atomic mass is 16.5. The number of hydrogen-bond donors (Lipinski definition) is 1. The Morgan fingerprint density at radius 1 is 1.17 bits per heavy atom. The molecule has 0 saturated carbocycles. The molecule has 2 heterocycles. The number of aryl methyl sites for hydroxylation is 1. The highest BCUT2D eigenvalue weighted by Crippen LogP contribution is 2.24. The van der Waals surface area contributed by atoms with Crippen LogP contribution in [0.2, 0.25) is 0 Å². The van der Waals surface area contributed by atoms with Crippen LogP contribution in [-0.2, 0) is 14.3 Å². The quantitative estimate of drug-likeness (QED) is 0.578. The molecule has 0 spiro atoms. The number of carbonyl (C=O) groups excluding carboxylic acids is 4. The number of H-pyrrole nitrogens is 1. The van der Waals surface area contributed by atoms with Crippen molar-refractivity contribution in [2.75, 3.05) is 18.6 Å². The first-order valence-electron chi connectivity index (χ1n) is 9.67. The summed E-state index contributed by atoms with van der Waals surface area (Å²) in [4.78, 5) is 53.8. The van der Waals surface area contributed by atoms with Gasteiger partial charge in [-0.05, 0) is 51.0 Å². The van der Waals surface area contributed by atoms with E-state index < -0.39 is 23.8 Å². The van der Waals surface area contributed by atoms with Gasteiger partial charge in [-0.25, -0.2) is 9.59 Å². The lowest BCUT2D eigenvalue weighted by Crippen LogP contribution is -2.26. The van der Waals surface area contributed by atoms with Crippen LogP contribution in [0, 0.1) is 13.8 Å². The Hall–Kier alpha value is -3.42. The van der Waals surface area contributed by atoms with Gasteiger partial charge in [-0.3, -0.25) is 9.59 Å². The average Bonchev–Trinajstić information content (AvgIpc) is 3.29. The standard InChI is InChI=1S/C22H24N2O6/c1-12-18(22(28)29-4)13(2)23-19(12)20(26)14(3)30-21(27)15-7-5-8-16(11-15)24-10-6-9-17(24)25/h5,7-8,11,14,23H,6,9-10H2,1-4H3/t14-/m0/s1. The number of benzene rings is 1. The molecule has 2 aromatic rings. The zero-order valence-corrected chi connectivity index (χ0v) is 17.4. The minimum Gasteiger partial charge on any atom is -0.465 e. The molecule has 30 heavy (non-hydrogen) atoms. The van der Waals surface area contributed by atoms with Crippen molar-refractivity contribution in [3.8, 4) is 0 Å². The molecule has 0 unspecified atom stereocenters. The van der Waals surface area contributed by atoms with Crippen molar-refractivity contribution in [2.24, 2.45) is 0 Å². The summed E-state index contributed by atoms with van der Waals surface area (Å²) in [5.74, 6) is -1.65. The van der Waals surface area contributed by atoms with E-state index in [1.54, 1.807) is 43.0 Å². The van der Waals surface area contributed by atoms with Crippen LogP contribution in [0.15, 0.2) is 24.3 Å². The summed E-state index contributed by atoms with van der Waals surface area (Å²) in [6, 6.07) is 6.59. The van der Waals surface area contributed by atoms with Crippen LogP contribution in [0.4, 0.5) is 5.69 Å². The first-order valence-corrected chi connectivity index (χ1v) is 9.67. The van der Waals surface area contributed by atoms with E-state index in [-0.39, 0.29) is 17.2 Å². The number of Topliss-reactive ketones (excluding diaryl/α,β-unsaturated/α-hetero) is 1. The normalized spacial score (nSPS) is 14.5. The molecule has 3 rings (SSSR count).